The second-order valence-corrected chi connectivity index (χ2v) is 7.80. The molecule has 160 valence electrons. The van der Waals surface area contributed by atoms with E-state index in [1.54, 1.807) is 24.5 Å². The molecule has 0 spiro atoms. The topological polar surface area (TPSA) is 79.4 Å². The van der Waals surface area contributed by atoms with Gasteiger partial charge in [0.15, 0.2) is 0 Å². The molecule has 1 amide bonds. The van der Waals surface area contributed by atoms with E-state index in [1.807, 2.05) is 47.5 Å². The molecule has 2 aromatic heterocycles. The number of hydrogen-bond donors (Lipinski definition) is 2. The SMILES string of the molecule is C[C@@H]1CCC[C@@H](C)N1NC(=O)c1cccnc1Oc1ccc(Nc2ccccn2)cc1. The molecule has 2 N–H and O–H groups in total. The predicted octanol–water partition coefficient (Wildman–Crippen LogP) is 4.92. The monoisotopic (exact) mass is 417 g/mol. The molecule has 1 aliphatic heterocycles. The summed E-state index contributed by atoms with van der Waals surface area (Å²) in [6, 6.07) is 17.2. The van der Waals surface area contributed by atoms with Crippen LogP contribution in [0.5, 0.6) is 11.6 Å². The van der Waals surface area contributed by atoms with Crippen molar-refractivity contribution in [1.29, 1.82) is 0 Å². The number of nitrogens with zero attached hydrogens (tertiary/aromatic N) is 3. The van der Waals surface area contributed by atoms with Gasteiger partial charge in [0.25, 0.3) is 5.91 Å². The molecule has 0 radical (unpaired) electrons. The zero-order valence-electron chi connectivity index (χ0n) is 17.8. The van der Waals surface area contributed by atoms with E-state index in [1.165, 1.54) is 6.42 Å². The maximum atomic E-state index is 13.0. The van der Waals surface area contributed by atoms with Crippen LogP contribution in [0.4, 0.5) is 11.5 Å². The third-order valence-electron chi connectivity index (χ3n) is 5.45. The highest BCUT2D eigenvalue weighted by molar-refractivity contribution is 5.96. The van der Waals surface area contributed by atoms with Crippen molar-refractivity contribution in [3.05, 3.63) is 72.6 Å². The Morgan fingerprint density at radius 3 is 2.42 bits per heavy atom. The molecular weight excluding hydrogens is 390 g/mol. The first-order chi connectivity index (χ1) is 15.1. The van der Waals surface area contributed by atoms with E-state index >= 15 is 0 Å². The van der Waals surface area contributed by atoms with Crippen LogP contribution >= 0.6 is 0 Å². The summed E-state index contributed by atoms with van der Waals surface area (Å²) in [6.07, 6.45) is 6.68. The Kier molecular flexibility index (Phi) is 6.43. The van der Waals surface area contributed by atoms with Crippen LogP contribution in [0.1, 0.15) is 43.5 Å². The van der Waals surface area contributed by atoms with Gasteiger partial charge in [-0.25, -0.2) is 15.0 Å². The first kappa shape index (κ1) is 20.8. The summed E-state index contributed by atoms with van der Waals surface area (Å²) < 4.78 is 5.94. The average molecular weight is 418 g/mol. The fourth-order valence-electron chi connectivity index (χ4n) is 3.77. The van der Waals surface area contributed by atoms with Gasteiger partial charge < -0.3 is 10.1 Å². The van der Waals surface area contributed by atoms with Gasteiger partial charge in [0.2, 0.25) is 5.88 Å². The van der Waals surface area contributed by atoms with Gasteiger partial charge in [0.1, 0.15) is 17.1 Å². The molecule has 0 unspecified atom stereocenters. The zero-order valence-corrected chi connectivity index (χ0v) is 17.8. The number of ether oxygens (including phenoxy) is 1. The number of hydrogen-bond acceptors (Lipinski definition) is 6. The van der Waals surface area contributed by atoms with E-state index in [-0.39, 0.29) is 11.8 Å². The van der Waals surface area contributed by atoms with Crippen molar-refractivity contribution in [3.63, 3.8) is 0 Å². The standard InChI is InChI=1S/C24H27N5O2/c1-17-7-5-8-18(2)29(17)28-23(30)21-9-6-16-26-24(21)31-20-13-11-19(12-14-20)27-22-10-3-4-15-25-22/h3-4,6,9-18H,5,7-8H2,1-2H3,(H,25,27)(H,28,30)/t17-,18-/m1/s1. The number of pyridine rings is 2. The Balaban J connectivity index is 1.45. The number of rotatable bonds is 6. The van der Waals surface area contributed by atoms with Crippen LogP contribution < -0.4 is 15.5 Å². The first-order valence-electron chi connectivity index (χ1n) is 10.6. The lowest BCUT2D eigenvalue weighted by Gasteiger charge is -2.38. The Morgan fingerprint density at radius 2 is 1.71 bits per heavy atom. The number of anilines is 2. The van der Waals surface area contributed by atoms with E-state index in [2.05, 4.69) is 34.6 Å². The highest BCUT2D eigenvalue weighted by Gasteiger charge is 2.27. The summed E-state index contributed by atoms with van der Waals surface area (Å²) in [7, 11) is 0. The smallest absolute Gasteiger partial charge is 0.271 e. The first-order valence-corrected chi connectivity index (χ1v) is 10.6. The lowest BCUT2D eigenvalue weighted by atomic mass is 10.00. The molecule has 31 heavy (non-hydrogen) atoms. The van der Waals surface area contributed by atoms with Crippen LogP contribution in [0.25, 0.3) is 0 Å². The van der Waals surface area contributed by atoms with Crippen molar-refractivity contribution < 1.29 is 9.53 Å². The fraction of sp³-hybridized carbons (Fsp3) is 0.292. The maximum absolute atomic E-state index is 13.0. The molecule has 3 aromatic rings. The Hall–Kier alpha value is -3.45. The van der Waals surface area contributed by atoms with Crippen LogP contribution in [0.15, 0.2) is 67.0 Å². The summed E-state index contributed by atoms with van der Waals surface area (Å²) in [5, 5.41) is 5.27. The van der Waals surface area contributed by atoms with Gasteiger partial charge in [-0.1, -0.05) is 12.5 Å². The fourth-order valence-corrected chi connectivity index (χ4v) is 3.77. The van der Waals surface area contributed by atoms with Crippen molar-refractivity contribution in [1.82, 2.24) is 20.4 Å². The van der Waals surface area contributed by atoms with Crippen LogP contribution in [-0.4, -0.2) is 33.0 Å². The van der Waals surface area contributed by atoms with Gasteiger partial charge in [0.05, 0.1) is 0 Å². The second-order valence-electron chi connectivity index (χ2n) is 7.80. The molecule has 1 fully saturated rings. The molecule has 4 rings (SSSR count). The Bertz CT molecular complexity index is 1000. The quantitative estimate of drug-likeness (QED) is 0.593. The van der Waals surface area contributed by atoms with E-state index in [4.69, 9.17) is 4.74 Å². The number of amides is 1. The van der Waals surface area contributed by atoms with Crippen molar-refractivity contribution >= 4 is 17.4 Å². The van der Waals surface area contributed by atoms with Gasteiger partial charge >= 0.3 is 0 Å². The normalized spacial score (nSPS) is 18.9. The minimum absolute atomic E-state index is 0.211. The lowest BCUT2D eigenvalue weighted by Crippen LogP contribution is -2.54. The minimum atomic E-state index is -0.211. The number of benzene rings is 1. The van der Waals surface area contributed by atoms with Crippen LogP contribution in [-0.2, 0) is 0 Å². The molecular formula is C24H27N5O2. The molecule has 2 atom stereocenters. The van der Waals surface area contributed by atoms with Gasteiger partial charge in [-0.2, -0.15) is 0 Å². The molecule has 1 aliphatic rings. The third-order valence-corrected chi connectivity index (χ3v) is 5.45. The molecule has 3 heterocycles. The summed E-state index contributed by atoms with van der Waals surface area (Å²) in [5.74, 6) is 1.43. The second kappa shape index (κ2) is 9.57. The van der Waals surface area contributed by atoms with E-state index < -0.39 is 0 Å². The Labute approximate surface area is 182 Å². The maximum Gasteiger partial charge on any atom is 0.271 e. The zero-order chi connectivity index (χ0) is 21.6. The van der Waals surface area contributed by atoms with Crippen molar-refractivity contribution in [2.75, 3.05) is 5.32 Å². The molecule has 0 saturated carbocycles. The average Bonchev–Trinajstić information content (AvgIpc) is 2.79. The van der Waals surface area contributed by atoms with E-state index in [0.29, 0.717) is 23.4 Å². The molecule has 7 heteroatoms. The van der Waals surface area contributed by atoms with Gasteiger partial charge in [0, 0.05) is 30.2 Å². The lowest BCUT2D eigenvalue weighted by molar-refractivity contribution is 0.0368. The van der Waals surface area contributed by atoms with Crippen LogP contribution in [0.3, 0.4) is 0 Å². The summed E-state index contributed by atoms with van der Waals surface area (Å²) in [4.78, 5) is 21.5. The van der Waals surface area contributed by atoms with E-state index in [9.17, 15) is 4.79 Å². The molecule has 1 saturated heterocycles. The third kappa shape index (κ3) is 5.19. The van der Waals surface area contributed by atoms with Crippen LogP contribution in [0.2, 0.25) is 0 Å². The number of hydrazine groups is 1. The summed E-state index contributed by atoms with van der Waals surface area (Å²) >= 11 is 0. The summed E-state index contributed by atoms with van der Waals surface area (Å²) in [5.41, 5.74) is 4.35. The highest BCUT2D eigenvalue weighted by Crippen LogP contribution is 2.26. The van der Waals surface area contributed by atoms with Crippen LogP contribution in [0, 0.1) is 0 Å². The number of carbonyl (C=O) groups excluding carboxylic acids is 1. The number of carbonyl (C=O) groups is 1. The van der Waals surface area contributed by atoms with Crippen molar-refractivity contribution in [3.8, 4) is 11.6 Å². The summed E-state index contributed by atoms with van der Waals surface area (Å²) in [6.45, 7) is 4.27. The molecule has 0 bridgehead atoms. The number of piperidine rings is 1. The minimum Gasteiger partial charge on any atom is -0.438 e. The van der Waals surface area contributed by atoms with Gasteiger partial charge in [-0.05, 0) is 75.2 Å². The van der Waals surface area contributed by atoms with E-state index in [0.717, 1.165) is 24.3 Å². The predicted molar refractivity (Wildman–Crippen MR) is 120 cm³/mol. The number of nitrogens with one attached hydrogen (secondary N) is 2. The Morgan fingerprint density at radius 1 is 0.968 bits per heavy atom. The van der Waals surface area contributed by atoms with Crippen molar-refractivity contribution in [2.24, 2.45) is 0 Å². The largest absolute Gasteiger partial charge is 0.438 e. The molecule has 7 nitrogen and oxygen atoms in total. The number of aromatic nitrogens is 2. The molecule has 1 aromatic carbocycles. The van der Waals surface area contributed by atoms with Gasteiger partial charge in [-0.15, -0.1) is 0 Å². The van der Waals surface area contributed by atoms with Crippen molar-refractivity contribution in [2.45, 2.75) is 45.2 Å². The molecule has 0 aliphatic carbocycles. The van der Waals surface area contributed by atoms with Gasteiger partial charge in [-0.3, -0.25) is 10.2 Å². The highest BCUT2D eigenvalue weighted by atomic mass is 16.5.